The van der Waals surface area contributed by atoms with E-state index >= 15 is 0 Å². The van der Waals surface area contributed by atoms with E-state index in [1.54, 1.807) is 0 Å². The Kier molecular flexibility index (Phi) is 2.71. The van der Waals surface area contributed by atoms with Gasteiger partial charge in [-0.05, 0) is 0 Å². The first kappa shape index (κ1) is 10.6. The fraction of sp³-hybridized carbons (Fsp3) is 0.0714. The Labute approximate surface area is 106 Å². The van der Waals surface area contributed by atoms with Gasteiger partial charge in [-0.25, -0.2) is 0 Å². The summed E-state index contributed by atoms with van der Waals surface area (Å²) in [6, 6.07) is 16.7. The van der Waals surface area contributed by atoms with Crippen molar-refractivity contribution in [2.45, 2.75) is 5.82 Å². The molecule has 1 heterocycles. The van der Waals surface area contributed by atoms with Crippen LogP contribution in [0.1, 0.15) is 0 Å². The van der Waals surface area contributed by atoms with Crippen LogP contribution in [0.25, 0.3) is 22.4 Å². The van der Waals surface area contributed by atoms with Gasteiger partial charge in [0.2, 0.25) is 0 Å². The molecular formula is C14H12N2Se. The van der Waals surface area contributed by atoms with Crippen LogP contribution in [0.2, 0.25) is 5.82 Å². The Balaban J connectivity index is 2.07. The topological polar surface area (TPSA) is 28.7 Å². The molecule has 0 saturated carbocycles. The van der Waals surface area contributed by atoms with E-state index < -0.39 is 0 Å². The number of hydrogen-bond acceptors (Lipinski definition) is 1. The van der Waals surface area contributed by atoms with Crippen molar-refractivity contribution in [2.24, 2.45) is 0 Å². The summed E-state index contributed by atoms with van der Waals surface area (Å²) >= 11 is 0.562. The average Bonchev–Trinajstić information content (AvgIpc) is 2.82. The number of para-hydroxylation sites is 2. The number of H-pyrrole nitrogens is 1. The molecule has 3 rings (SSSR count). The molecule has 0 saturated heterocycles. The SMILES string of the molecule is C[Se]c1ccc(-c2nc3ccccc3[nH]2)cc1. The van der Waals surface area contributed by atoms with E-state index in [1.165, 1.54) is 4.46 Å². The van der Waals surface area contributed by atoms with Crippen LogP contribution < -0.4 is 4.46 Å². The fourth-order valence-corrected chi connectivity index (χ4v) is 2.69. The molecule has 0 atom stereocenters. The molecule has 0 aliphatic carbocycles. The predicted molar refractivity (Wildman–Crippen MR) is 72.8 cm³/mol. The number of nitrogens with zero attached hydrogens (tertiary/aromatic N) is 1. The summed E-state index contributed by atoms with van der Waals surface area (Å²) in [5.41, 5.74) is 3.26. The van der Waals surface area contributed by atoms with Crippen LogP contribution in [0.3, 0.4) is 0 Å². The fourth-order valence-electron chi connectivity index (χ4n) is 1.84. The molecular weight excluding hydrogens is 275 g/mol. The van der Waals surface area contributed by atoms with Crippen LogP contribution in [0, 0.1) is 0 Å². The molecule has 2 aromatic carbocycles. The third-order valence-corrected chi connectivity index (χ3v) is 4.31. The van der Waals surface area contributed by atoms with Crippen molar-refractivity contribution in [3.8, 4) is 11.4 Å². The van der Waals surface area contributed by atoms with Crippen molar-refractivity contribution in [3.63, 3.8) is 0 Å². The van der Waals surface area contributed by atoms with Gasteiger partial charge >= 0.3 is 106 Å². The molecule has 17 heavy (non-hydrogen) atoms. The summed E-state index contributed by atoms with van der Waals surface area (Å²) in [5.74, 6) is 3.17. The number of benzene rings is 2. The molecule has 2 nitrogen and oxygen atoms in total. The van der Waals surface area contributed by atoms with Gasteiger partial charge in [-0.15, -0.1) is 0 Å². The zero-order chi connectivity index (χ0) is 11.7. The van der Waals surface area contributed by atoms with Gasteiger partial charge in [-0.2, -0.15) is 0 Å². The van der Waals surface area contributed by atoms with Gasteiger partial charge in [-0.1, -0.05) is 0 Å². The van der Waals surface area contributed by atoms with E-state index in [4.69, 9.17) is 0 Å². The van der Waals surface area contributed by atoms with E-state index in [0.29, 0.717) is 15.0 Å². The molecule has 3 aromatic rings. The zero-order valence-electron chi connectivity index (χ0n) is 9.47. The Morgan fingerprint density at radius 1 is 1.00 bits per heavy atom. The van der Waals surface area contributed by atoms with Crippen molar-refractivity contribution in [1.29, 1.82) is 0 Å². The number of nitrogens with one attached hydrogen (secondary N) is 1. The monoisotopic (exact) mass is 288 g/mol. The second kappa shape index (κ2) is 4.36. The number of rotatable bonds is 2. The first-order valence-electron chi connectivity index (χ1n) is 5.46. The van der Waals surface area contributed by atoms with Crippen LogP contribution in [-0.2, 0) is 0 Å². The van der Waals surface area contributed by atoms with Crippen LogP contribution in [-0.4, -0.2) is 24.9 Å². The number of aromatic amines is 1. The van der Waals surface area contributed by atoms with Gasteiger partial charge in [0, 0.05) is 0 Å². The molecule has 0 fully saturated rings. The molecule has 0 aliphatic rings. The molecule has 0 aliphatic heterocycles. The van der Waals surface area contributed by atoms with E-state index in [9.17, 15) is 0 Å². The molecule has 84 valence electrons. The molecule has 0 bridgehead atoms. The summed E-state index contributed by atoms with van der Waals surface area (Å²) in [4.78, 5) is 7.93. The van der Waals surface area contributed by atoms with E-state index in [2.05, 4.69) is 46.1 Å². The Bertz CT molecular complexity index is 608. The van der Waals surface area contributed by atoms with Gasteiger partial charge in [0.05, 0.1) is 0 Å². The summed E-state index contributed by atoms with van der Waals surface area (Å²) < 4.78 is 1.41. The van der Waals surface area contributed by atoms with Gasteiger partial charge in [0.1, 0.15) is 0 Å². The third kappa shape index (κ3) is 1.99. The summed E-state index contributed by atoms with van der Waals surface area (Å²) in [5, 5.41) is 0. The summed E-state index contributed by atoms with van der Waals surface area (Å²) in [6.45, 7) is 0. The zero-order valence-corrected chi connectivity index (χ0v) is 11.2. The Hall–Kier alpha value is -1.57. The van der Waals surface area contributed by atoms with E-state index in [0.717, 1.165) is 22.4 Å². The van der Waals surface area contributed by atoms with E-state index in [1.807, 2.05) is 18.2 Å². The van der Waals surface area contributed by atoms with Crippen molar-refractivity contribution in [2.75, 3.05) is 0 Å². The average molecular weight is 287 g/mol. The molecule has 0 radical (unpaired) electrons. The van der Waals surface area contributed by atoms with Crippen LogP contribution in [0.5, 0.6) is 0 Å². The Morgan fingerprint density at radius 3 is 2.47 bits per heavy atom. The molecule has 3 heteroatoms. The second-order valence-electron chi connectivity index (χ2n) is 3.83. The first-order valence-corrected chi connectivity index (χ1v) is 8.03. The Morgan fingerprint density at radius 2 is 1.76 bits per heavy atom. The quantitative estimate of drug-likeness (QED) is 0.721. The van der Waals surface area contributed by atoms with Crippen molar-refractivity contribution >= 4 is 30.5 Å². The van der Waals surface area contributed by atoms with E-state index in [-0.39, 0.29) is 0 Å². The maximum atomic E-state index is 4.59. The van der Waals surface area contributed by atoms with Crippen LogP contribution in [0.4, 0.5) is 0 Å². The normalized spacial score (nSPS) is 10.9. The minimum atomic E-state index is 0.562. The molecule has 1 N–H and O–H groups in total. The van der Waals surface area contributed by atoms with Gasteiger partial charge in [0.25, 0.3) is 0 Å². The number of imidazole rings is 1. The van der Waals surface area contributed by atoms with Crippen molar-refractivity contribution in [3.05, 3.63) is 48.5 Å². The first-order chi connectivity index (χ1) is 8.36. The number of fused-ring (bicyclic) bond motifs is 1. The molecule has 1 aromatic heterocycles. The number of aromatic nitrogens is 2. The maximum absolute atomic E-state index is 4.59. The molecule has 0 spiro atoms. The van der Waals surface area contributed by atoms with Crippen LogP contribution >= 0.6 is 0 Å². The molecule has 0 unspecified atom stereocenters. The van der Waals surface area contributed by atoms with Gasteiger partial charge < -0.3 is 0 Å². The second-order valence-corrected chi connectivity index (χ2v) is 5.68. The summed E-state index contributed by atoms with van der Waals surface area (Å²) in [7, 11) is 0. The van der Waals surface area contributed by atoms with Gasteiger partial charge in [-0.3, -0.25) is 0 Å². The van der Waals surface area contributed by atoms with Crippen LogP contribution in [0.15, 0.2) is 48.5 Å². The minimum absolute atomic E-state index is 0.562. The number of hydrogen-bond donors (Lipinski definition) is 1. The predicted octanol–water partition coefficient (Wildman–Crippen LogP) is 2.61. The van der Waals surface area contributed by atoms with Crippen molar-refractivity contribution in [1.82, 2.24) is 9.97 Å². The molecule has 0 amide bonds. The van der Waals surface area contributed by atoms with Crippen molar-refractivity contribution < 1.29 is 0 Å². The summed E-state index contributed by atoms with van der Waals surface area (Å²) in [6.07, 6.45) is 0. The third-order valence-electron chi connectivity index (χ3n) is 2.75. The standard InChI is InChI=1S/C14H12N2Se/c1-17-11-8-6-10(7-9-11)14-15-12-4-2-3-5-13(12)16-14/h2-9H,1H3,(H,15,16). The van der Waals surface area contributed by atoms with Gasteiger partial charge in [0.15, 0.2) is 0 Å².